The maximum absolute atomic E-state index is 12.2. The highest BCUT2D eigenvalue weighted by Crippen LogP contribution is 2.35. The number of nitrogens with zero attached hydrogens (tertiary/aromatic N) is 4. The van der Waals surface area contributed by atoms with Gasteiger partial charge in [-0.05, 0) is 31.2 Å². The van der Waals surface area contributed by atoms with E-state index in [9.17, 15) is 4.79 Å². The molecule has 1 unspecified atom stereocenters. The van der Waals surface area contributed by atoms with Gasteiger partial charge >= 0.3 is 5.97 Å². The van der Waals surface area contributed by atoms with E-state index >= 15 is 0 Å². The number of carbonyl (C=O) groups excluding carboxylic acids is 1. The lowest BCUT2D eigenvalue weighted by atomic mass is 9.96. The molecule has 28 heavy (non-hydrogen) atoms. The lowest BCUT2D eigenvalue weighted by molar-refractivity contribution is -0.0465. The monoisotopic (exact) mass is 444 g/mol. The number of aromatic nitrogens is 3. The van der Waals surface area contributed by atoms with E-state index in [4.69, 9.17) is 9.47 Å². The Bertz CT molecular complexity index is 1050. The van der Waals surface area contributed by atoms with Gasteiger partial charge in [0.15, 0.2) is 5.69 Å². The van der Waals surface area contributed by atoms with Crippen LogP contribution in [0.15, 0.2) is 41.1 Å². The Morgan fingerprint density at radius 2 is 2.18 bits per heavy atom. The molecule has 1 atom stereocenters. The number of anilines is 1. The van der Waals surface area contributed by atoms with E-state index in [1.807, 2.05) is 37.6 Å². The van der Waals surface area contributed by atoms with Gasteiger partial charge in [-0.2, -0.15) is 5.10 Å². The molecule has 8 heteroatoms. The van der Waals surface area contributed by atoms with Gasteiger partial charge in [0.2, 0.25) is 0 Å². The summed E-state index contributed by atoms with van der Waals surface area (Å²) in [5.74, 6) is -0.450. The Hall–Kier alpha value is -2.45. The molecule has 1 fully saturated rings. The lowest BCUT2D eigenvalue weighted by Gasteiger charge is -2.41. The molecule has 1 aliphatic rings. The Balaban J connectivity index is 1.80. The van der Waals surface area contributed by atoms with E-state index in [1.165, 1.54) is 7.11 Å². The molecule has 1 aliphatic heterocycles. The summed E-state index contributed by atoms with van der Waals surface area (Å²) in [5.41, 5.74) is 2.50. The van der Waals surface area contributed by atoms with Crippen molar-refractivity contribution in [2.75, 3.05) is 31.7 Å². The van der Waals surface area contributed by atoms with E-state index in [0.717, 1.165) is 26.6 Å². The summed E-state index contributed by atoms with van der Waals surface area (Å²) < 4.78 is 13.8. The van der Waals surface area contributed by atoms with Crippen LogP contribution in [0.3, 0.4) is 0 Å². The zero-order valence-electron chi connectivity index (χ0n) is 16.0. The summed E-state index contributed by atoms with van der Waals surface area (Å²) in [6, 6.07) is 7.64. The van der Waals surface area contributed by atoms with Crippen molar-refractivity contribution in [2.24, 2.45) is 7.05 Å². The zero-order valence-corrected chi connectivity index (χ0v) is 17.6. The normalized spacial score (nSPS) is 19.8. The summed E-state index contributed by atoms with van der Waals surface area (Å²) in [7, 11) is 3.26. The minimum Gasteiger partial charge on any atom is -0.464 e. The summed E-state index contributed by atoms with van der Waals surface area (Å²) >= 11 is 3.54. The summed E-state index contributed by atoms with van der Waals surface area (Å²) in [6.45, 7) is 3.97. The fourth-order valence-corrected chi connectivity index (χ4v) is 3.96. The number of esters is 1. The molecule has 0 bridgehead atoms. The van der Waals surface area contributed by atoms with Crippen molar-refractivity contribution in [2.45, 2.75) is 12.5 Å². The average Bonchev–Trinajstić information content (AvgIpc) is 3.14. The summed E-state index contributed by atoms with van der Waals surface area (Å²) in [4.78, 5) is 18.9. The molecular weight excluding hydrogens is 424 g/mol. The van der Waals surface area contributed by atoms with Gasteiger partial charge in [0.1, 0.15) is 5.60 Å². The second kappa shape index (κ2) is 7.18. The van der Waals surface area contributed by atoms with E-state index in [2.05, 4.69) is 37.8 Å². The minimum atomic E-state index is -0.500. The number of methoxy groups -OCH3 is 1. The SMILES string of the molecule is COC(=O)c1cc(N2CCOC(C)(c3cnn(C)c3)C2)c2cc(Br)ccc2n1. The molecule has 0 amide bonds. The summed E-state index contributed by atoms with van der Waals surface area (Å²) in [6.07, 6.45) is 3.81. The third kappa shape index (κ3) is 3.38. The number of fused-ring (bicyclic) bond motifs is 1. The van der Waals surface area contributed by atoms with Crippen LogP contribution in [0.1, 0.15) is 23.0 Å². The Morgan fingerprint density at radius 1 is 1.36 bits per heavy atom. The van der Waals surface area contributed by atoms with Crippen molar-refractivity contribution in [1.82, 2.24) is 14.8 Å². The average molecular weight is 445 g/mol. The van der Waals surface area contributed by atoms with Gasteiger partial charge in [-0.25, -0.2) is 9.78 Å². The number of hydrogen-bond acceptors (Lipinski definition) is 6. The highest BCUT2D eigenvalue weighted by Gasteiger charge is 2.36. The lowest BCUT2D eigenvalue weighted by Crippen LogP contribution is -2.48. The van der Waals surface area contributed by atoms with E-state index < -0.39 is 11.6 Å². The predicted octanol–water partition coefficient (Wildman–Crippen LogP) is 3.27. The van der Waals surface area contributed by atoms with Crippen molar-refractivity contribution in [3.05, 3.63) is 52.4 Å². The first kappa shape index (κ1) is 18.9. The van der Waals surface area contributed by atoms with Crippen LogP contribution in [0, 0.1) is 0 Å². The second-order valence-corrected chi connectivity index (χ2v) is 8.00. The number of morpholine rings is 1. The number of carbonyl (C=O) groups is 1. The Morgan fingerprint density at radius 3 is 2.89 bits per heavy atom. The van der Waals surface area contributed by atoms with Crippen LogP contribution >= 0.6 is 15.9 Å². The molecule has 0 saturated carbocycles. The number of rotatable bonds is 3. The van der Waals surface area contributed by atoms with Crippen molar-refractivity contribution < 1.29 is 14.3 Å². The van der Waals surface area contributed by atoms with E-state index in [-0.39, 0.29) is 0 Å². The van der Waals surface area contributed by atoms with Crippen LogP contribution in [0.5, 0.6) is 0 Å². The van der Waals surface area contributed by atoms with Gasteiger partial charge in [0.25, 0.3) is 0 Å². The van der Waals surface area contributed by atoms with E-state index in [1.54, 1.807) is 10.7 Å². The topological polar surface area (TPSA) is 69.5 Å². The van der Waals surface area contributed by atoms with E-state index in [0.29, 0.717) is 25.4 Å². The molecule has 3 aromatic rings. The first-order valence-corrected chi connectivity index (χ1v) is 9.75. The van der Waals surface area contributed by atoms with Gasteiger partial charge < -0.3 is 14.4 Å². The van der Waals surface area contributed by atoms with Crippen LogP contribution in [0.4, 0.5) is 5.69 Å². The Kier molecular flexibility index (Phi) is 4.84. The first-order chi connectivity index (χ1) is 13.4. The molecule has 0 aliphatic carbocycles. The van der Waals surface area contributed by atoms with Gasteiger partial charge in [0.05, 0.1) is 32.0 Å². The minimum absolute atomic E-state index is 0.293. The third-order valence-electron chi connectivity index (χ3n) is 5.07. The fourth-order valence-electron chi connectivity index (χ4n) is 3.60. The van der Waals surface area contributed by atoms with Crippen LogP contribution in [0.2, 0.25) is 0 Å². The molecule has 0 N–H and O–H groups in total. The molecule has 7 nitrogen and oxygen atoms in total. The van der Waals surface area contributed by atoms with Gasteiger partial charge in [0, 0.05) is 40.9 Å². The van der Waals surface area contributed by atoms with Crippen LogP contribution in [-0.4, -0.2) is 47.5 Å². The summed E-state index contributed by atoms with van der Waals surface area (Å²) in [5, 5.41) is 5.26. The molecule has 2 aromatic heterocycles. The Labute approximate surface area is 171 Å². The van der Waals surface area contributed by atoms with Crippen LogP contribution < -0.4 is 4.90 Å². The molecule has 3 heterocycles. The number of halogens is 1. The second-order valence-electron chi connectivity index (χ2n) is 7.08. The van der Waals surface area contributed by atoms with Crippen LogP contribution in [0.25, 0.3) is 10.9 Å². The first-order valence-electron chi connectivity index (χ1n) is 8.96. The molecule has 0 spiro atoms. The zero-order chi connectivity index (χ0) is 19.9. The highest BCUT2D eigenvalue weighted by atomic mass is 79.9. The van der Waals surface area contributed by atoms with Crippen molar-refractivity contribution >= 4 is 38.5 Å². The third-order valence-corrected chi connectivity index (χ3v) is 5.57. The maximum Gasteiger partial charge on any atom is 0.356 e. The number of ether oxygens (including phenoxy) is 2. The van der Waals surface area contributed by atoms with Crippen molar-refractivity contribution in [1.29, 1.82) is 0 Å². The predicted molar refractivity (Wildman–Crippen MR) is 110 cm³/mol. The molecule has 4 rings (SSSR count). The van der Waals surface area contributed by atoms with Gasteiger partial charge in [-0.15, -0.1) is 0 Å². The standard InChI is InChI=1S/C20H21BrN4O3/c1-20(13-10-22-24(2)11-13)12-25(6-7-28-20)18-9-17(19(26)27-3)23-16-5-4-14(21)8-15(16)18/h4-5,8-11H,6-7,12H2,1-3H3. The van der Waals surface area contributed by atoms with Crippen LogP contribution in [-0.2, 0) is 22.1 Å². The largest absolute Gasteiger partial charge is 0.464 e. The van der Waals surface area contributed by atoms with Gasteiger partial charge in [-0.3, -0.25) is 4.68 Å². The molecule has 1 saturated heterocycles. The van der Waals surface area contributed by atoms with Gasteiger partial charge in [-0.1, -0.05) is 15.9 Å². The fraction of sp³-hybridized carbons (Fsp3) is 0.350. The molecule has 0 radical (unpaired) electrons. The smallest absolute Gasteiger partial charge is 0.356 e. The maximum atomic E-state index is 12.2. The van der Waals surface area contributed by atoms with Crippen molar-refractivity contribution in [3.63, 3.8) is 0 Å². The van der Waals surface area contributed by atoms with Crippen molar-refractivity contribution in [3.8, 4) is 0 Å². The number of pyridine rings is 1. The molecule has 1 aromatic carbocycles. The number of hydrogen-bond donors (Lipinski definition) is 0. The number of benzene rings is 1. The quantitative estimate of drug-likeness (QED) is 0.577. The molecule has 146 valence electrons. The molecular formula is C20H21BrN4O3. The number of aryl methyl sites for hydroxylation is 1. The highest BCUT2D eigenvalue weighted by molar-refractivity contribution is 9.10.